The number of nitrogen functional groups attached to an aromatic ring is 1. The second-order valence-corrected chi connectivity index (χ2v) is 9.73. The normalized spacial score (nSPS) is 14.9. The molecule has 0 aliphatic carbocycles. The van der Waals surface area contributed by atoms with Crippen LogP contribution in [-0.4, -0.2) is 43.2 Å². The molecule has 4 rings (SSSR count). The largest absolute Gasteiger partial charge is 0.383 e. The number of carbonyl (C=O) groups is 1. The van der Waals surface area contributed by atoms with E-state index >= 15 is 0 Å². The average molecular weight is 470 g/mol. The quantitative estimate of drug-likeness (QED) is 0.571. The average Bonchev–Trinajstić information content (AvgIpc) is 3.15. The van der Waals surface area contributed by atoms with E-state index < -0.39 is 27.2 Å². The number of aromatic nitrogens is 2. The first-order valence-electron chi connectivity index (χ1n) is 10.2. The van der Waals surface area contributed by atoms with E-state index in [9.17, 15) is 22.8 Å². The predicted molar refractivity (Wildman–Crippen MR) is 126 cm³/mol. The molecule has 172 valence electrons. The first-order chi connectivity index (χ1) is 15.7. The van der Waals surface area contributed by atoms with Crippen LogP contribution in [0.5, 0.6) is 0 Å². The molecule has 3 N–H and O–H groups in total. The van der Waals surface area contributed by atoms with Gasteiger partial charge in [0, 0.05) is 19.2 Å². The molecule has 1 aromatic heterocycles. The SMILES string of the molecule is CN(C(=O)c1ccc(N2CCCS2(=O)=O)cc1)c1c(N)n(Cc2ccccc2)c(=O)[nH]c1=O. The van der Waals surface area contributed by atoms with Crippen LogP contribution in [0.3, 0.4) is 0 Å². The molecule has 0 atom stereocenters. The number of H-pyrrole nitrogens is 1. The lowest BCUT2D eigenvalue weighted by Gasteiger charge is -2.21. The van der Waals surface area contributed by atoms with Crippen molar-refractivity contribution in [3.63, 3.8) is 0 Å². The van der Waals surface area contributed by atoms with E-state index in [1.54, 1.807) is 12.1 Å². The zero-order valence-corrected chi connectivity index (χ0v) is 18.7. The highest BCUT2D eigenvalue weighted by Crippen LogP contribution is 2.25. The number of nitrogens with one attached hydrogen (secondary N) is 1. The van der Waals surface area contributed by atoms with Crippen molar-refractivity contribution in [2.45, 2.75) is 13.0 Å². The first kappa shape index (κ1) is 22.3. The number of amides is 1. The van der Waals surface area contributed by atoms with Crippen molar-refractivity contribution in [2.75, 3.05) is 34.3 Å². The number of anilines is 3. The van der Waals surface area contributed by atoms with Crippen molar-refractivity contribution >= 4 is 33.1 Å². The monoisotopic (exact) mass is 469 g/mol. The molecule has 2 heterocycles. The molecule has 2 aromatic carbocycles. The summed E-state index contributed by atoms with van der Waals surface area (Å²) in [7, 11) is -1.95. The fraction of sp³-hybridized carbons (Fsp3) is 0.227. The highest BCUT2D eigenvalue weighted by molar-refractivity contribution is 7.93. The Morgan fingerprint density at radius 2 is 1.76 bits per heavy atom. The van der Waals surface area contributed by atoms with Gasteiger partial charge in [-0.3, -0.25) is 23.4 Å². The van der Waals surface area contributed by atoms with Gasteiger partial charge in [0.15, 0.2) is 5.69 Å². The lowest BCUT2D eigenvalue weighted by molar-refractivity contribution is 0.0992. The molecule has 10 nitrogen and oxygen atoms in total. The van der Waals surface area contributed by atoms with Crippen LogP contribution < -0.4 is 26.2 Å². The number of carbonyl (C=O) groups excluding carboxylic acids is 1. The molecule has 33 heavy (non-hydrogen) atoms. The molecule has 3 aromatic rings. The lowest BCUT2D eigenvalue weighted by Crippen LogP contribution is -2.39. The van der Waals surface area contributed by atoms with Crippen LogP contribution in [0.4, 0.5) is 17.2 Å². The number of nitrogens with two attached hydrogens (primary N) is 1. The molecule has 0 spiro atoms. The maximum Gasteiger partial charge on any atom is 0.330 e. The smallest absolute Gasteiger partial charge is 0.330 e. The van der Waals surface area contributed by atoms with E-state index in [-0.39, 0.29) is 29.4 Å². The summed E-state index contributed by atoms with van der Waals surface area (Å²) in [5.41, 5.74) is 6.06. The Bertz CT molecular complexity index is 1410. The van der Waals surface area contributed by atoms with Crippen LogP contribution in [0.2, 0.25) is 0 Å². The van der Waals surface area contributed by atoms with Crippen LogP contribution in [0, 0.1) is 0 Å². The molecule has 1 aliphatic rings. The molecule has 1 saturated heterocycles. The van der Waals surface area contributed by atoms with Crippen LogP contribution >= 0.6 is 0 Å². The third-order valence-electron chi connectivity index (χ3n) is 5.54. The van der Waals surface area contributed by atoms with Gasteiger partial charge in [0.25, 0.3) is 11.5 Å². The summed E-state index contributed by atoms with van der Waals surface area (Å²) in [6.45, 7) is 0.515. The number of sulfonamides is 1. The maximum atomic E-state index is 13.1. The Morgan fingerprint density at radius 3 is 2.36 bits per heavy atom. The van der Waals surface area contributed by atoms with Gasteiger partial charge in [0.2, 0.25) is 10.0 Å². The van der Waals surface area contributed by atoms with E-state index in [4.69, 9.17) is 5.73 Å². The Morgan fingerprint density at radius 1 is 1.09 bits per heavy atom. The fourth-order valence-electron chi connectivity index (χ4n) is 3.82. The van der Waals surface area contributed by atoms with Gasteiger partial charge in [-0.25, -0.2) is 13.2 Å². The minimum Gasteiger partial charge on any atom is -0.383 e. The van der Waals surface area contributed by atoms with Gasteiger partial charge in [-0.1, -0.05) is 30.3 Å². The Kier molecular flexibility index (Phi) is 5.81. The number of benzene rings is 2. The molecule has 0 unspecified atom stereocenters. The second kappa shape index (κ2) is 8.58. The van der Waals surface area contributed by atoms with Gasteiger partial charge in [0.05, 0.1) is 18.0 Å². The standard InChI is InChI=1S/C22H23N5O5S/c1-25(21(29)16-8-10-17(11-9-16)27-12-5-13-33(27,31)32)18-19(23)26(22(30)24-20(18)28)14-15-6-3-2-4-7-15/h2-4,6-11H,5,12-14,23H2,1H3,(H,24,28,30). The van der Waals surface area contributed by atoms with Crippen molar-refractivity contribution in [1.82, 2.24) is 9.55 Å². The number of nitrogens with zero attached hydrogens (tertiary/aromatic N) is 3. The van der Waals surface area contributed by atoms with E-state index in [1.165, 1.54) is 28.1 Å². The van der Waals surface area contributed by atoms with Crippen LogP contribution in [0.1, 0.15) is 22.3 Å². The number of aromatic amines is 1. The molecule has 0 saturated carbocycles. The second-order valence-electron chi connectivity index (χ2n) is 7.72. The summed E-state index contributed by atoms with van der Waals surface area (Å²) in [5, 5.41) is 0. The van der Waals surface area contributed by atoms with E-state index in [2.05, 4.69) is 4.98 Å². The zero-order valence-electron chi connectivity index (χ0n) is 17.9. The number of hydrogen-bond acceptors (Lipinski definition) is 6. The molecule has 1 amide bonds. The van der Waals surface area contributed by atoms with Crippen molar-refractivity contribution in [1.29, 1.82) is 0 Å². The summed E-state index contributed by atoms with van der Waals surface area (Å²) in [4.78, 5) is 41.3. The first-order valence-corrected chi connectivity index (χ1v) is 11.8. The molecular weight excluding hydrogens is 446 g/mol. The van der Waals surface area contributed by atoms with Crippen molar-refractivity contribution in [3.05, 3.63) is 86.6 Å². The van der Waals surface area contributed by atoms with Crippen LogP contribution in [-0.2, 0) is 16.6 Å². The summed E-state index contributed by atoms with van der Waals surface area (Å²) in [5.74, 6) is -0.576. The molecule has 0 bridgehead atoms. The molecule has 0 radical (unpaired) electrons. The fourth-order valence-corrected chi connectivity index (χ4v) is 5.38. The van der Waals surface area contributed by atoms with Gasteiger partial charge in [-0.15, -0.1) is 0 Å². The van der Waals surface area contributed by atoms with Crippen LogP contribution in [0.25, 0.3) is 0 Å². The van der Waals surface area contributed by atoms with Gasteiger partial charge in [0.1, 0.15) is 5.82 Å². The molecular formula is C22H23N5O5S. The van der Waals surface area contributed by atoms with E-state index in [0.717, 1.165) is 10.5 Å². The summed E-state index contributed by atoms with van der Waals surface area (Å²) in [6.07, 6.45) is 0.548. The molecule has 11 heteroatoms. The molecule has 1 fully saturated rings. The third kappa shape index (κ3) is 4.27. The van der Waals surface area contributed by atoms with E-state index in [1.807, 2.05) is 30.3 Å². The minimum absolute atomic E-state index is 0.0944. The highest BCUT2D eigenvalue weighted by atomic mass is 32.2. The van der Waals surface area contributed by atoms with Crippen LogP contribution in [0.15, 0.2) is 64.2 Å². The molecule has 1 aliphatic heterocycles. The Labute approximate surface area is 189 Å². The van der Waals surface area contributed by atoms with E-state index in [0.29, 0.717) is 18.7 Å². The summed E-state index contributed by atoms with van der Waals surface area (Å²) >= 11 is 0. The third-order valence-corrected chi connectivity index (χ3v) is 7.41. The minimum atomic E-state index is -3.33. The topological polar surface area (TPSA) is 139 Å². The maximum absolute atomic E-state index is 13.1. The lowest BCUT2D eigenvalue weighted by atomic mass is 10.1. The summed E-state index contributed by atoms with van der Waals surface area (Å²) in [6, 6.07) is 15.2. The van der Waals surface area contributed by atoms with Gasteiger partial charge in [-0.05, 0) is 36.2 Å². The summed E-state index contributed by atoms with van der Waals surface area (Å²) < 4.78 is 26.7. The zero-order chi connectivity index (χ0) is 23.8. The predicted octanol–water partition coefficient (Wildman–Crippen LogP) is 0.984. The number of rotatable bonds is 5. The van der Waals surface area contributed by atoms with Gasteiger partial charge in [-0.2, -0.15) is 0 Å². The Balaban J connectivity index is 1.64. The van der Waals surface area contributed by atoms with Crippen molar-refractivity contribution in [2.24, 2.45) is 0 Å². The number of hydrogen-bond donors (Lipinski definition) is 2. The Hall–Kier alpha value is -3.86. The van der Waals surface area contributed by atoms with Crippen molar-refractivity contribution < 1.29 is 13.2 Å². The van der Waals surface area contributed by atoms with Gasteiger partial charge >= 0.3 is 5.69 Å². The van der Waals surface area contributed by atoms with Gasteiger partial charge < -0.3 is 10.6 Å². The highest BCUT2D eigenvalue weighted by Gasteiger charge is 2.29. The van der Waals surface area contributed by atoms with Crippen molar-refractivity contribution in [3.8, 4) is 0 Å².